The van der Waals surface area contributed by atoms with Gasteiger partial charge in [0, 0.05) is 6.54 Å². The topological polar surface area (TPSA) is 120 Å². The second-order valence-electron chi connectivity index (χ2n) is 5.86. The smallest absolute Gasteiger partial charge is 0.306 e. The number of carbonyl (C=O) groups is 1. The van der Waals surface area contributed by atoms with Crippen molar-refractivity contribution in [3.8, 4) is 0 Å². The summed E-state index contributed by atoms with van der Waals surface area (Å²) in [4.78, 5) is 11.2. The summed E-state index contributed by atoms with van der Waals surface area (Å²) in [6, 6.07) is 9.25. The molecule has 0 aliphatic rings. The van der Waals surface area contributed by atoms with Gasteiger partial charge in [0.25, 0.3) is 0 Å². The first-order valence-electron chi connectivity index (χ1n) is 8.04. The fourth-order valence-electron chi connectivity index (χ4n) is 2.32. The van der Waals surface area contributed by atoms with Crippen molar-refractivity contribution in [2.75, 3.05) is 19.4 Å². The maximum atomic E-state index is 13.0. The van der Waals surface area contributed by atoms with Gasteiger partial charge in [-0.15, -0.1) is 0 Å². The molecule has 0 aliphatic carbocycles. The summed E-state index contributed by atoms with van der Waals surface area (Å²) in [5.41, 5.74) is 0.895. The molecule has 0 bridgehead atoms. The van der Waals surface area contributed by atoms with Crippen LogP contribution in [0.3, 0.4) is 0 Å². The predicted molar refractivity (Wildman–Crippen MR) is 98.2 cm³/mol. The van der Waals surface area contributed by atoms with E-state index in [2.05, 4.69) is 9.46 Å². The van der Waals surface area contributed by atoms with Gasteiger partial charge in [0.15, 0.2) is 9.84 Å². The molecule has 0 amide bonds. The summed E-state index contributed by atoms with van der Waals surface area (Å²) in [5.74, 6) is -1.06. The molecule has 10 heteroatoms. The van der Waals surface area contributed by atoms with E-state index < -0.39 is 43.4 Å². The number of benzene rings is 1. The van der Waals surface area contributed by atoms with Crippen LogP contribution >= 0.6 is 0 Å². The molecule has 0 fully saturated rings. The van der Waals surface area contributed by atoms with Crippen LogP contribution in [0.5, 0.6) is 0 Å². The Labute approximate surface area is 158 Å². The van der Waals surface area contributed by atoms with E-state index in [1.165, 1.54) is 30.5 Å². The number of sulfone groups is 1. The van der Waals surface area contributed by atoms with Crippen LogP contribution in [0.2, 0.25) is 0 Å². The van der Waals surface area contributed by atoms with E-state index in [0.717, 1.165) is 12.7 Å². The first-order chi connectivity index (χ1) is 12.7. The Kier molecular flexibility index (Phi) is 6.79. The molecule has 1 aromatic heterocycles. The highest BCUT2D eigenvalue weighted by Gasteiger charge is 2.32. The van der Waals surface area contributed by atoms with E-state index >= 15 is 0 Å². The van der Waals surface area contributed by atoms with Crippen LogP contribution in [0.25, 0.3) is 0 Å². The second kappa shape index (κ2) is 8.68. The van der Waals surface area contributed by atoms with E-state index in [4.69, 9.17) is 4.42 Å². The summed E-state index contributed by atoms with van der Waals surface area (Å²) in [7, 11) is -6.63. The zero-order valence-corrected chi connectivity index (χ0v) is 16.5. The zero-order valence-electron chi connectivity index (χ0n) is 14.9. The summed E-state index contributed by atoms with van der Waals surface area (Å²) in [6.07, 6.45) is 0.987. The van der Waals surface area contributed by atoms with Gasteiger partial charge in [-0.1, -0.05) is 17.7 Å². The lowest BCUT2D eigenvalue weighted by molar-refractivity contribution is -0.140. The second-order valence-corrected chi connectivity index (χ2v) is 9.91. The van der Waals surface area contributed by atoms with Crippen LogP contribution in [0.1, 0.15) is 23.0 Å². The molecule has 1 aromatic carbocycles. The van der Waals surface area contributed by atoms with Crippen LogP contribution in [-0.2, 0) is 29.4 Å². The van der Waals surface area contributed by atoms with Crippen molar-refractivity contribution in [1.29, 1.82) is 0 Å². The summed E-state index contributed by atoms with van der Waals surface area (Å²) in [5, 5.41) is -1.25. The maximum absolute atomic E-state index is 13.0. The minimum atomic E-state index is -3.91. The molecule has 0 saturated heterocycles. The lowest BCUT2D eigenvalue weighted by atomic mass is 10.2. The van der Waals surface area contributed by atoms with Crippen molar-refractivity contribution in [2.45, 2.75) is 23.5 Å². The standard InChI is InChI=1S/C17H21NO7S2/c1-13-5-7-14(8-6-13)27(22,23)16(15-4-3-10-25-15)12-18-26(20,21)11-9-17(19)24-2/h3-8,10,16,18H,9,11-12H2,1-2H3/t16-/m1/s1. The lowest BCUT2D eigenvalue weighted by Crippen LogP contribution is -2.34. The third-order valence-electron chi connectivity index (χ3n) is 3.88. The molecule has 2 rings (SSSR count). The third kappa shape index (κ3) is 5.65. The zero-order chi connectivity index (χ0) is 20.1. The average Bonchev–Trinajstić information content (AvgIpc) is 3.14. The van der Waals surface area contributed by atoms with Gasteiger partial charge in [0.05, 0.1) is 30.4 Å². The molecule has 1 N–H and O–H groups in total. The fraction of sp³-hybridized carbons (Fsp3) is 0.353. The number of hydrogen-bond donors (Lipinski definition) is 1. The minimum absolute atomic E-state index is 0.0586. The highest BCUT2D eigenvalue weighted by Crippen LogP contribution is 2.29. The summed E-state index contributed by atoms with van der Waals surface area (Å²) in [6.45, 7) is 1.41. The summed E-state index contributed by atoms with van der Waals surface area (Å²) < 4.78 is 62.1. The number of sulfonamides is 1. The number of esters is 1. The number of hydrogen-bond acceptors (Lipinski definition) is 7. The van der Waals surface area contributed by atoms with Crippen LogP contribution in [-0.4, -0.2) is 42.2 Å². The molecule has 148 valence electrons. The Morgan fingerprint density at radius 2 is 1.81 bits per heavy atom. The van der Waals surface area contributed by atoms with Crippen molar-refractivity contribution in [1.82, 2.24) is 4.72 Å². The highest BCUT2D eigenvalue weighted by atomic mass is 32.2. The third-order valence-corrected chi connectivity index (χ3v) is 7.30. The van der Waals surface area contributed by atoms with Gasteiger partial charge in [0.2, 0.25) is 10.0 Å². The molecule has 0 aliphatic heterocycles. The molecule has 0 unspecified atom stereocenters. The van der Waals surface area contributed by atoms with Gasteiger partial charge in [-0.05, 0) is 31.2 Å². The Hall–Kier alpha value is -2.17. The molecule has 1 atom stereocenters. The van der Waals surface area contributed by atoms with Crippen molar-refractivity contribution in [3.63, 3.8) is 0 Å². The number of furan rings is 1. The normalized spacial score (nSPS) is 13.3. The van der Waals surface area contributed by atoms with Crippen molar-refractivity contribution >= 4 is 25.8 Å². The first-order valence-corrected chi connectivity index (χ1v) is 11.2. The molecule has 0 radical (unpaired) electrons. The minimum Gasteiger partial charge on any atom is -0.469 e. The lowest BCUT2D eigenvalue weighted by Gasteiger charge is -2.17. The van der Waals surface area contributed by atoms with Crippen molar-refractivity contribution < 1.29 is 30.8 Å². The number of rotatable bonds is 9. The van der Waals surface area contributed by atoms with Crippen LogP contribution in [0, 0.1) is 6.92 Å². The highest BCUT2D eigenvalue weighted by molar-refractivity contribution is 7.92. The maximum Gasteiger partial charge on any atom is 0.306 e. The van der Waals surface area contributed by atoms with Crippen molar-refractivity contribution in [2.24, 2.45) is 0 Å². The molecule has 2 aromatic rings. The van der Waals surface area contributed by atoms with E-state index in [1.807, 2.05) is 6.92 Å². The molecule has 0 saturated carbocycles. The van der Waals surface area contributed by atoms with Gasteiger partial charge in [-0.2, -0.15) is 0 Å². The number of methoxy groups -OCH3 is 1. The fourth-order valence-corrected chi connectivity index (χ4v) is 5.02. The van der Waals surface area contributed by atoms with E-state index in [9.17, 15) is 21.6 Å². The quantitative estimate of drug-likeness (QED) is 0.618. The number of nitrogens with one attached hydrogen (secondary N) is 1. The van der Waals surface area contributed by atoms with Crippen LogP contribution in [0.4, 0.5) is 0 Å². The summed E-state index contributed by atoms with van der Waals surface area (Å²) >= 11 is 0. The van der Waals surface area contributed by atoms with Gasteiger partial charge in [-0.3, -0.25) is 4.79 Å². The van der Waals surface area contributed by atoms with E-state index in [0.29, 0.717) is 0 Å². The SMILES string of the molecule is COC(=O)CCS(=O)(=O)NC[C@H](c1ccco1)S(=O)(=O)c1ccc(C)cc1. The molecular weight excluding hydrogens is 394 g/mol. The number of ether oxygens (including phenoxy) is 1. The van der Waals surface area contributed by atoms with Crippen molar-refractivity contribution in [3.05, 3.63) is 54.0 Å². The molecule has 0 spiro atoms. The number of carbonyl (C=O) groups excluding carboxylic acids is 1. The van der Waals surface area contributed by atoms with Gasteiger partial charge in [0.1, 0.15) is 11.0 Å². The predicted octanol–water partition coefficient (Wildman–Crippen LogP) is 1.59. The van der Waals surface area contributed by atoms with E-state index in [1.54, 1.807) is 12.1 Å². The van der Waals surface area contributed by atoms with Gasteiger partial charge < -0.3 is 9.15 Å². The molecule has 1 heterocycles. The van der Waals surface area contributed by atoms with Crippen LogP contribution in [0.15, 0.2) is 52.0 Å². The Balaban J connectivity index is 2.23. The average molecular weight is 415 g/mol. The Bertz CT molecular complexity index is 963. The Morgan fingerprint density at radius 1 is 1.15 bits per heavy atom. The molecular formula is C17H21NO7S2. The van der Waals surface area contributed by atoms with Gasteiger partial charge in [-0.25, -0.2) is 21.6 Å². The first kappa shape index (κ1) is 21.1. The monoisotopic (exact) mass is 415 g/mol. The van der Waals surface area contributed by atoms with Gasteiger partial charge >= 0.3 is 5.97 Å². The molecule has 27 heavy (non-hydrogen) atoms. The molecule has 8 nitrogen and oxygen atoms in total. The number of aryl methyl sites for hydroxylation is 1. The van der Waals surface area contributed by atoms with Crippen LogP contribution < -0.4 is 4.72 Å². The Morgan fingerprint density at radius 3 is 2.37 bits per heavy atom. The van der Waals surface area contributed by atoms with E-state index in [-0.39, 0.29) is 17.1 Å². The largest absolute Gasteiger partial charge is 0.469 e.